The molecule has 7 heteroatoms. The molecule has 140 valence electrons. The van der Waals surface area contributed by atoms with Crippen molar-refractivity contribution in [1.29, 1.82) is 0 Å². The molecule has 0 aliphatic heterocycles. The Morgan fingerprint density at radius 1 is 1.04 bits per heavy atom. The summed E-state index contributed by atoms with van der Waals surface area (Å²) in [7, 11) is 1.60. The van der Waals surface area contributed by atoms with E-state index in [1.165, 1.54) is 6.33 Å². The Balaban J connectivity index is 1.57. The zero-order chi connectivity index (χ0) is 19.2. The van der Waals surface area contributed by atoms with Crippen LogP contribution >= 0.6 is 0 Å². The minimum Gasteiger partial charge on any atom is -0.497 e. The van der Waals surface area contributed by atoms with E-state index in [4.69, 9.17) is 9.47 Å². The predicted molar refractivity (Wildman–Crippen MR) is 101 cm³/mol. The Kier molecular flexibility index (Phi) is 5.71. The van der Waals surface area contributed by atoms with Crippen molar-refractivity contribution in [2.75, 3.05) is 7.11 Å². The van der Waals surface area contributed by atoms with Crippen molar-refractivity contribution in [2.45, 2.75) is 26.0 Å². The van der Waals surface area contributed by atoms with Crippen LogP contribution in [-0.2, 0) is 4.79 Å². The van der Waals surface area contributed by atoms with Gasteiger partial charge in [-0.25, -0.2) is 9.67 Å². The van der Waals surface area contributed by atoms with Crippen LogP contribution in [0.15, 0.2) is 61.2 Å². The third-order valence-corrected chi connectivity index (χ3v) is 4.18. The van der Waals surface area contributed by atoms with Gasteiger partial charge in [0.25, 0.3) is 5.91 Å². The highest BCUT2D eigenvalue weighted by molar-refractivity contribution is 5.81. The Morgan fingerprint density at radius 3 is 2.30 bits per heavy atom. The molecule has 1 amide bonds. The minimum atomic E-state index is -0.615. The topological polar surface area (TPSA) is 78.3 Å². The largest absolute Gasteiger partial charge is 0.497 e. The number of methoxy groups -OCH3 is 1. The van der Waals surface area contributed by atoms with Crippen LogP contribution in [0, 0.1) is 0 Å². The van der Waals surface area contributed by atoms with E-state index in [1.807, 2.05) is 31.2 Å². The molecular formula is C20H22N4O3. The first kappa shape index (κ1) is 18.4. The SMILES string of the molecule is COc1ccc(O[C@@H](C)C(=O)N[C@@H](C)c2ccc(-n3cncn3)cc2)cc1. The Labute approximate surface area is 158 Å². The van der Waals surface area contributed by atoms with Crippen molar-refractivity contribution in [3.05, 3.63) is 66.7 Å². The molecule has 0 unspecified atom stereocenters. The number of nitrogens with one attached hydrogen (secondary N) is 1. The van der Waals surface area contributed by atoms with Gasteiger partial charge in [0.05, 0.1) is 18.8 Å². The number of amides is 1. The number of hydrogen-bond acceptors (Lipinski definition) is 5. The molecule has 0 saturated carbocycles. The lowest BCUT2D eigenvalue weighted by molar-refractivity contribution is -0.127. The second-order valence-electron chi connectivity index (χ2n) is 6.10. The average Bonchev–Trinajstić information content (AvgIpc) is 3.23. The lowest BCUT2D eigenvalue weighted by atomic mass is 10.1. The molecule has 1 N–H and O–H groups in total. The summed E-state index contributed by atoms with van der Waals surface area (Å²) in [6.07, 6.45) is 2.51. The summed E-state index contributed by atoms with van der Waals surface area (Å²) in [5.41, 5.74) is 1.90. The van der Waals surface area contributed by atoms with Gasteiger partial charge in [-0.05, 0) is 55.8 Å². The van der Waals surface area contributed by atoms with E-state index in [-0.39, 0.29) is 11.9 Å². The monoisotopic (exact) mass is 366 g/mol. The third-order valence-electron chi connectivity index (χ3n) is 4.18. The standard InChI is InChI=1S/C20H22N4O3/c1-14(16-4-6-17(7-5-16)24-13-21-12-22-24)23-20(25)15(2)27-19-10-8-18(26-3)9-11-19/h4-15H,1-3H3,(H,23,25)/t14-,15-/m0/s1. The second-order valence-corrected chi connectivity index (χ2v) is 6.10. The molecule has 0 fully saturated rings. The van der Waals surface area contributed by atoms with E-state index in [0.29, 0.717) is 5.75 Å². The van der Waals surface area contributed by atoms with Crippen LogP contribution in [-0.4, -0.2) is 33.9 Å². The fourth-order valence-electron chi connectivity index (χ4n) is 2.58. The lowest BCUT2D eigenvalue weighted by Crippen LogP contribution is -2.37. The summed E-state index contributed by atoms with van der Waals surface area (Å²) >= 11 is 0. The molecule has 2 aromatic carbocycles. The van der Waals surface area contributed by atoms with Crippen LogP contribution in [0.25, 0.3) is 5.69 Å². The molecule has 0 radical (unpaired) electrons. The summed E-state index contributed by atoms with van der Waals surface area (Å²) in [4.78, 5) is 16.4. The van der Waals surface area contributed by atoms with Crippen LogP contribution in [0.5, 0.6) is 11.5 Å². The van der Waals surface area contributed by atoms with Gasteiger partial charge in [-0.15, -0.1) is 0 Å². The first-order valence-electron chi connectivity index (χ1n) is 8.63. The molecule has 3 aromatic rings. The molecule has 3 rings (SSSR count). The summed E-state index contributed by atoms with van der Waals surface area (Å²) < 4.78 is 12.5. The number of carbonyl (C=O) groups is 1. The van der Waals surface area contributed by atoms with Gasteiger partial charge in [0, 0.05) is 0 Å². The summed E-state index contributed by atoms with van der Waals surface area (Å²) in [5, 5.41) is 7.06. The predicted octanol–water partition coefficient (Wildman–Crippen LogP) is 2.92. The Hall–Kier alpha value is -3.35. The van der Waals surface area contributed by atoms with E-state index < -0.39 is 6.10 Å². The van der Waals surface area contributed by atoms with E-state index in [0.717, 1.165) is 17.0 Å². The zero-order valence-electron chi connectivity index (χ0n) is 15.5. The van der Waals surface area contributed by atoms with Gasteiger partial charge in [0.15, 0.2) is 6.10 Å². The lowest BCUT2D eigenvalue weighted by Gasteiger charge is -2.19. The highest BCUT2D eigenvalue weighted by atomic mass is 16.5. The van der Waals surface area contributed by atoms with Crippen LogP contribution < -0.4 is 14.8 Å². The van der Waals surface area contributed by atoms with Crippen LogP contribution in [0.4, 0.5) is 0 Å². The molecular weight excluding hydrogens is 344 g/mol. The fraction of sp³-hybridized carbons (Fsp3) is 0.250. The van der Waals surface area contributed by atoms with Gasteiger partial charge >= 0.3 is 0 Å². The summed E-state index contributed by atoms with van der Waals surface area (Å²) in [5.74, 6) is 1.17. The second kappa shape index (κ2) is 8.35. The Bertz CT molecular complexity index is 861. The summed E-state index contributed by atoms with van der Waals surface area (Å²) in [6.45, 7) is 3.66. The number of benzene rings is 2. The number of ether oxygens (including phenoxy) is 2. The maximum absolute atomic E-state index is 12.4. The smallest absolute Gasteiger partial charge is 0.261 e. The van der Waals surface area contributed by atoms with Crippen LogP contribution in [0.2, 0.25) is 0 Å². The molecule has 7 nitrogen and oxygen atoms in total. The van der Waals surface area contributed by atoms with E-state index in [2.05, 4.69) is 15.4 Å². The van der Waals surface area contributed by atoms with E-state index in [1.54, 1.807) is 49.3 Å². The minimum absolute atomic E-state index is 0.149. The number of carbonyl (C=O) groups excluding carboxylic acids is 1. The number of nitrogens with zero attached hydrogens (tertiary/aromatic N) is 3. The van der Waals surface area contributed by atoms with Crippen molar-refractivity contribution in [3.63, 3.8) is 0 Å². The van der Waals surface area contributed by atoms with Crippen molar-refractivity contribution in [1.82, 2.24) is 20.1 Å². The molecule has 1 heterocycles. The molecule has 2 atom stereocenters. The van der Waals surface area contributed by atoms with Crippen molar-refractivity contribution in [2.24, 2.45) is 0 Å². The van der Waals surface area contributed by atoms with E-state index >= 15 is 0 Å². The maximum Gasteiger partial charge on any atom is 0.261 e. The third kappa shape index (κ3) is 4.63. The summed E-state index contributed by atoms with van der Waals surface area (Å²) in [6, 6.07) is 14.8. The number of hydrogen-bond donors (Lipinski definition) is 1. The zero-order valence-corrected chi connectivity index (χ0v) is 15.5. The fourth-order valence-corrected chi connectivity index (χ4v) is 2.58. The van der Waals surface area contributed by atoms with E-state index in [9.17, 15) is 4.79 Å². The van der Waals surface area contributed by atoms with Gasteiger partial charge in [-0.3, -0.25) is 4.79 Å². The van der Waals surface area contributed by atoms with Gasteiger partial charge in [0.1, 0.15) is 24.2 Å². The average molecular weight is 366 g/mol. The maximum atomic E-state index is 12.4. The number of rotatable bonds is 7. The molecule has 0 aliphatic carbocycles. The quantitative estimate of drug-likeness (QED) is 0.696. The molecule has 0 bridgehead atoms. The Morgan fingerprint density at radius 2 is 1.70 bits per heavy atom. The number of aromatic nitrogens is 3. The van der Waals surface area contributed by atoms with Crippen molar-refractivity contribution < 1.29 is 14.3 Å². The molecule has 0 spiro atoms. The van der Waals surface area contributed by atoms with Gasteiger partial charge < -0.3 is 14.8 Å². The molecule has 0 aliphatic rings. The molecule has 1 aromatic heterocycles. The molecule has 27 heavy (non-hydrogen) atoms. The van der Waals surface area contributed by atoms with Crippen molar-refractivity contribution in [3.8, 4) is 17.2 Å². The highest BCUT2D eigenvalue weighted by Gasteiger charge is 2.18. The molecule has 0 saturated heterocycles. The normalized spacial score (nSPS) is 12.9. The van der Waals surface area contributed by atoms with Crippen molar-refractivity contribution >= 4 is 5.91 Å². The van der Waals surface area contributed by atoms with Gasteiger partial charge in [-0.1, -0.05) is 12.1 Å². The highest BCUT2D eigenvalue weighted by Crippen LogP contribution is 2.19. The first-order valence-corrected chi connectivity index (χ1v) is 8.63. The van der Waals surface area contributed by atoms with Gasteiger partial charge in [0.2, 0.25) is 0 Å². The van der Waals surface area contributed by atoms with Crippen LogP contribution in [0.1, 0.15) is 25.5 Å². The van der Waals surface area contributed by atoms with Gasteiger partial charge in [-0.2, -0.15) is 5.10 Å². The first-order chi connectivity index (χ1) is 13.1. The van der Waals surface area contributed by atoms with Crippen LogP contribution in [0.3, 0.4) is 0 Å².